The summed E-state index contributed by atoms with van der Waals surface area (Å²) in [5, 5.41) is 0. The molecule has 0 saturated carbocycles. The second-order valence-electron chi connectivity index (χ2n) is 11.0. The van der Waals surface area contributed by atoms with Gasteiger partial charge in [-0.3, -0.25) is 0 Å². The molecule has 12 heteroatoms. The van der Waals surface area contributed by atoms with Crippen molar-refractivity contribution in [1.29, 1.82) is 0 Å². The molecule has 0 aliphatic carbocycles. The molecule has 4 aromatic rings. The Morgan fingerprint density at radius 3 is 1.39 bits per heavy atom. The topological polar surface area (TPSA) is 150 Å². The molecule has 0 unspecified atom stereocenters. The van der Waals surface area contributed by atoms with Crippen molar-refractivity contribution in [3.8, 4) is 0 Å². The number of esters is 5. The highest BCUT2D eigenvalue weighted by Gasteiger charge is 2.53. The fourth-order valence-corrected chi connectivity index (χ4v) is 5.03. The zero-order valence-corrected chi connectivity index (χ0v) is 27.2. The highest BCUT2D eigenvalue weighted by atomic mass is 16.7. The lowest BCUT2D eigenvalue weighted by Gasteiger charge is -2.44. The van der Waals surface area contributed by atoms with Gasteiger partial charge in [0.1, 0.15) is 19.3 Å². The van der Waals surface area contributed by atoms with Crippen molar-refractivity contribution in [2.75, 3.05) is 19.8 Å². The number of carbonyl (C=O) groups excluding carboxylic acids is 5. The number of benzene rings is 4. The van der Waals surface area contributed by atoms with Crippen molar-refractivity contribution in [3.05, 3.63) is 156 Å². The first-order valence-electron chi connectivity index (χ1n) is 15.9. The fourth-order valence-electron chi connectivity index (χ4n) is 5.03. The van der Waals surface area contributed by atoms with Gasteiger partial charge in [-0.2, -0.15) is 0 Å². The Hall–Kier alpha value is -6.11. The highest BCUT2D eigenvalue weighted by molar-refractivity contribution is 5.91. The standard InChI is InChI=1S/C39H34O12/c1-2-31(40)45-23-24-46-39-34(51-38(44)29-21-13-6-14-22-29)33(50-37(43)28-19-11-5-12-20-28)32(49-36(42)27-17-9-4-10-18-27)30(48-39)25-47-35(41)26-15-7-3-8-16-26/h2-22,30,32-34,39H,1,23-25H2/t30-,32+,33+,34-,39+/m1/s1. The van der Waals surface area contributed by atoms with Crippen molar-refractivity contribution in [3.63, 3.8) is 0 Å². The summed E-state index contributed by atoms with van der Waals surface area (Å²) in [7, 11) is 0. The van der Waals surface area contributed by atoms with Gasteiger partial charge in [-0.05, 0) is 48.5 Å². The van der Waals surface area contributed by atoms with E-state index in [9.17, 15) is 24.0 Å². The van der Waals surface area contributed by atoms with Crippen LogP contribution in [0.3, 0.4) is 0 Å². The monoisotopic (exact) mass is 694 g/mol. The molecule has 5 rings (SSSR count). The number of hydrogen-bond donors (Lipinski definition) is 0. The van der Waals surface area contributed by atoms with Crippen LogP contribution in [0.15, 0.2) is 134 Å². The van der Waals surface area contributed by atoms with E-state index in [1.54, 1.807) is 84.9 Å². The molecule has 0 radical (unpaired) electrons. The molecule has 0 N–H and O–H groups in total. The Labute approximate surface area is 293 Å². The molecule has 51 heavy (non-hydrogen) atoms. The molecule has 0 aromatic heterocycles. The van der Waals surface area contributed by atoms with E-state index in [2.05, 4.69) is 6.58 Å². The van der Waals surface area contributed by atoms with E-state index in [0.717, 1.165) is 6.08 Å². The van der Waals surface area contributed by atoms with Crippen LogP contribution in [-0.2, 0) is 38.0 Å². The molecule has 1 aliphatic heterocycles. The second-order valence-corrected chi connectivity index (χ2v) is 11.0. The molecule has 1 heterocycles. The van der Waals surface area contributed by atoms with Crippen molar-refractivity contribution in [2.45, 2.75) is 30.7 Å². The third-order valence-corrected chi connectivity index (χ3v) is 7.51. The maximum atomic E-state index is 13.6. The number of carbonyl (C=O) groups is 5. The normalized spacial score (nSPS) is 19.5. The largest absolute Gasteiger partial charge is 0.460 e. The minimum absolute atomic E-state index is 0.145. The summed E-state index contributed by atoms with van der Waals surface area (Å²) in [6.07, 6.45) is -6.51. The van der Waals surface area contributed by atoms with Crippen LogP contribution in [0.5, 0.6) is 0 Å². The molecule has 262 valence electrons. The summed E-state index contributed by atoms with van der Waals surface area (Å²) in [6.45, 7) is 2.33. The molecule has 0 amide bonds. The number of ether oxygens (including phenoxy) is 7. The lowest BCUT2D eigenvalue weighted by Crippen LogP contribution is -2.63. The van der Waals surface area contributed by atoms with Crippen molar-refractivity contribution in [1.82, 2.24) is 0 Å². The van der Waals surface area contributed by atoms with Gasteiger partial charge in [0.15, 0.2) is 24.6 Å². The molecule has 12 nitrogen and oxygen atoms in total. The molecule has 0 bridgehead atoms. The molecule has 1 saturated heterocycles. The second kappa shape index (κ2) is 18.0. The Morgan fingerprint density at radius 2 is 0.941 bits per heavy atom. The average Bonchev–Trinajstić information content (AvgIpc) is 3.18. The Balaban J connectivity index is 1.53. The number of rotatable bonds is 14. The quantitative estimate of drug-likeness (QED) is 0.0757. The lowest BCUT2D eigenvalue weighted by molar-refractivity contribution is -0.299. The molecule has 1 aliphatic rings. The van der Waals surface area contributed by atoms with E-state index in [1.165, 1.54) is 36.4 Å². The van der Waals surface area contributed by atoms with Crippen LogP contribution in [0.1, 0.15) is 41.4 Å². The van der Waals surface area contributed by atoms with Gasteiger partial charge < -0.3 is 33.2 Å². The first kappa shape index (κ1) is 36.2. The Kier molecular flexibility index (Phi) is 12.8. The third kappa shape index (κ3) is 9.97. The Bertz CT molecular complexity index is 1780. The van der Waals surface area contributed by atoms with Gasteiger partial charge in [0.25, 0.3) is 0 Å². The summed E-state index contributed by atoms with van der Waals surface area (Å²) in [5.74, 6) is -3.92. The highest BCUT2D eigenvalue weighted by Crippen LogP contribution is 2.32. The molecular formula is C39H34O12. The summed E-state index contributed by atoms with van der Waals surface area (Å²) in [4.78, 5) is 65.3. The predicted molar refractivity (Wildman–Crippen MR) is 179 cm³/mol. The van der Waals surface area contributed by atoms with E-state index in [4.69, 9.17) is 33.2 Å². The number of hydrogen-bond acceptors (Lipinski definition) is 12. The summed E-state index contributed by atoms with van der Waals surface area (Å²) in [6, 6.07) is 32.2. The van der Waals surface area contributed by atoms with E-state index in [0.29, 0.717) is 0 Å². The fraction of sp³-hybridized carbons (Fsp3) is 0.205. The third-order valence-electron chi connectivity index (χ3n) is 7.51. The molecule has 1 fully saturated rings. The van der Waals surface area contributed by atoms with Crippen LogP contribution in [0, 0.1) is 0 Å². The first-order valence-corrected chi connectivity index (χ1v) is 15.9. The van der Waals surface area contributed by atoms with Crippen molar-refractivity contribution >= 4 is 29.8 Å². The van der Waals surface area contributed by atoms with Gasteiger partial charge in [-0.25, -0.2) is 24.0 Å². The summed E-state index contributed by atoms with van der Waals surface area (Å²) in [5.41, 5.74) is 0.697. The van der Waals surface area contributed by atoms with Crippen LogP contribution in [0.25, 0.3) is 0 Å². The van der Waals surface area contributed by atoms with Gasteiger partial charge in [0, 0.05) is 6.08 Å². The summed E-state index contributed by atoms with van der Waals surface area (Å²) < 4.78 is 40.6. The summed E-state index contributed by atoms with van der Waals surface area (Å²) >= 11 is 0. The molecule has 5 atom stereocenters. The maximum absolute atomic E-state index is 13.6. The van der Waals surface area contributed by atoms with E-state index < -0.39 is 67.2 Å². The average molecular weight is 695 g/mol. The van der Waals surface area contributed by atoms with Crippen LogP contribution in [-0.4, -0.2) is 80.4 Å². The maximum Gasteiger partial charge on any atom is 0.338 e. The SMILES string of the molecule is C=CC(=O)OCCO[C@H]1O[C@H](COC(=O)c2ccccc2)[C@H](OC(=O)c2ccccc2)[C@H](OC(=O)c2ccccc2)[C@H]1OC(=O)c1ccccc1. The van der Waals surface area contributed by atoms with E-state index in [-0.39, 0.29) is 35.5 Å². The minimum atomic E-state index is -1.58. The van der Waals surface area contributed by atoms with Gasteiger partial charge in [0.05, 0.1) is 28.9 Å². The molecule has 0 spiro atoms. The molecule has 4 aromatic carbocycles. The molecular weight excluding hydrogens is 660 g/mol. The van der Waals surface area contributed by atoms with E-state index in [1.807, 2.05) is 0 Å². The predicted octanol–water partition coefficient (Wildman–Crippen LogP) is 4.99. The van der Waals surface area contributed by atoms with E-state index >= 15 is 0 Å². The smallest absolute Gasteiger partial charge is 0.338 e. The first-order chi connectivity index (χ1) is 24.8. The van der Waals surface area contributed by atoms with Gasteiger partial charge in [0.2, 0.25) is 0 Å². The minimum Gasteiger partial charge on any atom is -0.460 e. The van der Waals surface area contributed by atoms with Crippen LogP contribution in [0.4, 0.5) is 0 Å². The van der Waals surface area contributed by atoms with Crippen molar-refractivity contribution < 1.29 is 57.1 Å². The lowest BCUT2D eigenvalue weighted by atomic mass is 9.97. The van der Waals surface area contributed by atoms with Gasteiger partial charge in [-0.1, -0.05) is 79.4 Å². The van der Waals surface area contributed by atoms with Gasteiger partial charge in [-0.15, -0.1) is 0 Å². The zero-order chi connectivity index (χ0) is 36.0. The van der Waals surface area contributed by atoms with Crippen LogP contribution < -0.4 is 0 Å². The van der Waals surface area contributed by atoms with Crippen molar-refractivity contribution in [2.24, 2.45) is 0 Å². The Morgan fingerprint density at radius 1 is 0.529 bits per heavy atom. The zero-order valence-electron chi connectivity index (χ0n) is 27.2. The van der Waals surface area contributed by atoms with Gasteiger partial charge >= 0.3 is 29.8 Å². The van der Waals surface area contributed by atoms with Crippen LogP contribution in [0.2, 0.25) is 0 Å². The van der Waals surface area contributed by atoms with Crippen LogP contribution >= 0.6 is 0 Å².